The molecule has 1 unspecified atom stereocenters. The zero-order valence-corrected chi connectivity index (χ0v) is 24.5. The second-order valence-electron chi connectivity index (χ2n) is 10.3. The Morgan fingerprint density at radius 3 is 2.29 bits per heavy atom. The van der Waals surface area contributed by atoms with Crippen LogP contribution in [0.1, 0.15) is 78.6 Å². The normalized spacial score (nSPS) is 21.9. The molecule has 3 amide bonds. The zero-order chi connectivity index (χ0) is 30.5. The maximum Gasteiger partial charge on any atom is 0.308 e. The van der Waals surface area contributed by atoms with Gasteiger partial charge in [-0.15, -0.1) is 0 Å². The van der Waals surface area contributed by atoms with E-state index >= 15 is 0 Å². The molecule has 232 valence electrons. The highest BCUT2D eigenvalue weighted by Gasteiger charge is 2.42. The molecule has 0 bridgehead atoms. The molecule has 41 heavy (non-hydrogen) atoms. The predicted molar refractivity (Wildman–Crippen MR) is 149 cm³/mol. The van der Waals surface area contributed by atoms with Gasteiger partial charge in [-0.25, -0.2) is 10.1 Å². The van der Waals surface area contributed by atoms with Gasteiger partial charge in [0.2, 0.25) is 17.7 Å². The van der Waals surface area contributed by atoms with Crippen LogP contribution < -0.4 is 16.4 Å². The van der Waals surface area contributed by atoms with Crippen molar-refractivity contribution in [2.45, 2.75) is 103 Å². The number of piperidine rings is 1. The average molecular weight is 584 g/mol. The molecule has 2 rings (SSSR count). The molecular formula is C26H45N7O8. The Balaban J connectivity index is 2.21. The van der Waals surface area contributed by atoms with E-state index in [0.717, 1.165) is 12.8 Å². The van der Waals surface area contributed by atoms with Gasteiger partial charge in [0.25, 0.3) is 5.96 Å². The summed E-state index contributed by atoms with van der Waals surface area (Å²) in [5, 5.41) is 18.9. The predicted octanol–water partition coefficient (Wildman–Crippen LogP) is 0.691. The van der Waals surface area contributed by atoms with Crippen molar-refractivity contribution in [3.63, 3.8) is 0 Å². The number of nitrogens with one attached hydrogen (secondary N) is 2. The second kappa shape index (κ2) is 16.7. The lowest BCUT2D eigenvalue weighted by molar-refractivity contribution is -0.486. The Bertz CT molecular complexity index is 956. The van der Waals surface area contributed by atoms with Crippen LogP contribution in [0.15, 0.2) is 5.10 Å². The number of esters is 1. The van der Waals surface area contributed by atoms with Crippen molar-refractivity contribution in [3.05, 3.63) is 10.1 Å². The monoisotopic (exact) mass is 583 g/mol. The van der Waals surface area contributed by atoms with Gasteiger partial charge in [-0.2, -0.15) is 0 Å². The van der Waals surface area contributed by atoms with Crippen LogP contribution in [-0.4, -0.2) is 95.6 Å². The number of carbonyl (C=O) groups is 4. The number of carbonyl (C=O) groups excluding carboxylic acids is 4. The number of methoxy groups -OCH3 is 1. The van der Waals surface area contributed by atoms with Gasteiger partial charge < -0.3 is 35.6 Å². The van der Waals surface area contributed by atoms with Crippen LogP contribution in [0.2, 0.25) is 0 Å². The lowest BCUT2D eigenvalue weighted by Crippen LogP contribution is -2.62. The highest BCUT2D eigenvalue weighted by Crippen LogP contribution is 2.23. The summed E-state index contributed by atoms with van der Waals surface area (Å²) >= 11 is 0. The molecule has 0 aromatic rings. The summed E-state index contributed by atoms with van der Waals surface area (Å²) in [5.74, 6) is -2.51. The minimum Gasteiger partial charge on any atom is -0.469 e. The van der Waals surface area contributed by atoms with Crippen molar-refractivity contribution in [2.24, 2.45) is 16.8 Å². The number of nitrogens with zero attached hydrogens (tertiary/aromatic N) is 4. The van der Waals surface area contributed by atoms with Gasteiger partial charge >= 0.3 is 5.97 Å². The average Bonchev–Trinajstić information content (AvgIpc) is 3.43. The number of likely N-dealkylation sites (tertiary alicyclic amines) is 2. The van der Waals surface area contributed by atoms with E-state index in [4.69, 9.17) is 15.2 Å². The largest absolute Gasteiger partial charge is 0.469 e. The first-order valence-electron chi connectivity index (χ1n) is 14.4. The number of nitrogens with two attached hydrogens (primary N) is 1. The van der Waals surface area contributed by atoms with Crippen LogP contribution in [0.4, 0.5) is 0 Å². The van der Waals surface area contributed by atoms with E-state index in [1.807, 2.05) is 13.8 Å². The van der Waals surface area contributed by atoms with Crippen LogP contribution in [-0.2, 0) is 28.7 Å². The summed E-state index contributed by atoms with van der Waals surface area (Å²) < 4.78 is 10.6. The number of hydrogen-bond donors (Lipinski definition) is 3. The Labute approximate surface area is 240 Å². The van der Waals surface area contributed by atoms with E-state index in [2.05, 4.69) is 15.7 Å². The van der Waals surface area contributed by atoms with Crippen molar-refractivity contribution in [1.29, 1.82) is 0 Å². The lowest BCUT2D eigenvalue weighted by atomic mass is 9.96. The molecule has 0 spiro atoms. The first-order valence-corrected chi connectivity index (χ1v) is 14.4. The molecular weight excluding hydrogens is 538 g/mol. The molecule has 2 aliphatic rings. The molecule has 15 nitrogen and oxygen atoms in total. The minimum absolute atomic E-state index is 0.263. The Morgan fingerprint density at radius 2 is 1.71 bits per heavy atom. The number of rotatable bonds is 14. The number of amides is 3. The Hall–Kier alpha value is -3.49. The summed E-state index contributed by atoms with van der Waals surface area (Å²) in [6.45, 7) is 6.62. The van der Waals surface area contributed by atoms with E-state index < -0.39 is 47.2 Å². The summed E-state index contributed by atoms with van der Waals surface area (Å²) in [6.07, 6.45) is 3.82. The smallest absolute Gasteiger partial charge is 0.308 e. The van der Waals surface area contributed by atoms with Crippen LogP contribution in [0, 0.1) is 16.0 Å². The molecule has 4 atom stereocenters. The summed E-state index contributed by atoms with van der Waals surface area (Å²) in [7, 11) is 1.21. The summed E-state index contributed by atoms with van der Waals surface area (Å²) in [4.78, 5) is 66.1. The summed E-state index contributed by atoms with van der Waals surface area (Å²) in [5.41, 5.74) is 5.85. The topological polar surface area (TPSA) is 199 Å². The highest BCUT2D eigenvalue weighted by molar-refractivity contribution is 5.95. The van der Waals surface area contributed by atoms with Gasteiger partial charge in [0, 0.05) is 25.6 Å². The maximum absolute atomic E-state index is 13.7. The van der Waals surface area contributed by atoms with E-state index in [0.29, 0.717) is 45.1 Å². The van der Waals surface area contributed by atoms with Crippen molar-refractivity contribution in [3.8, 4) is 0 Å². The fourth-order valence-corrected chi connectivity index (χ4v) is 5.50. The van der Waals surface area contributed by atoms with E-state index in [1.165, 1.54) is 16.9 Å². The molecule has 0 aromatic carbocycles. The number of hydrazone groups is 1. The molecule has 2 heterocycles. The van der Waals surface area contributed by atoms with E-state index in [9.17, 15) is 29.3 Å². The SMILES string of the molecule is CCCC(CCC)C(=O)N[C@@H](CC(=O)OC)C(=O)N1CCC[C@H]1C(=O)N[C@H]1CCCN(/C(N)=N/[N+](=O)[O-])C1OCC. The van der Waals surface area contributed by atoms with Gasteiger partial charge in [0.15, 0.2) is 11.3 Å². The van der Waals surface area contributed by atoms with Crippen molar-refractivity contribution in [1.82, 2.24) is 20.4 Å². The van der Waals surface area contributed by atoms with Crippen LogP contribution >= 0.6 is 0 Å². The molecule has 0 aliphatic carbocycles. The quantitative estimate of drug-likeness (QED) is 0.0859. The van der Waals surface area contributed by atoms with Gasteiger partial charge in [-0.1, -0.05) is 26.7 Å². The molecule has 4 N–H and O–H groups in total. The fraction of sp³-hybridized carbons (Fsp3) is 0.808. The third-order valence-electron chi connectivity index (χ3n) is 7.41. The van der Waals surface area contributed by atoms with Gasteiger partial charge in [0.1, 0.15) is 17.2 Å². The molecule has 2 saturated heterocycles. The standard InChI is InChI=1S/C26H45N7O8/c1-5-10-17(11-6-2)22(35)29-19(16-21(34)40-4)24(37)31-14-9-13-20(31)23(36)28-18-12-8-15-32(25(18)41-7-3)26(27)30-33(38)39/h17-20,25H,5-16H2,1-4H3,(H2,27,30)(H,28,36)(H,29,35)/t18-,19-,20-,25?/m0/s1. The highest BCUT2D eigenvalue weighted by atomic mass is 16.7. The molecule has 0 aromatic heterocycles. The first-order chi connectivity index (χ1) is 19.6. The van der Waals surface area contributed by atoms with Crippen molar-refractivity contribution < 1.29 is 33.7 Å². The van der Waals surface area contributed by atoms with Crippen molar-refractivity contribution >= 4 is 29.7 Å². The van der Waals surface area contributed by atoms with Gasteiger partial charge in [0.05, 0.1) is 19.6 Å². The van der Waals surface area contributed by atoms with Gasteiger partial charge in [-0.05, 0) is 45.4 Å². The molecule has 2 aliphatic heterocycles. The van der Waals surface area contributed by atoms with E-state index in [1.54, 1.807) is 6.92 Å². The second-order valence-corrected chi connectivity index (χ2v) is 10.3. The fourth-order valence-electron chi connectivity index (χ4n) is 5.50. The third-order valence-corrected chi connectivity index (χ3v) is 7.41. The molecule has 2 fully saturated rings. The maximum atomic E-state index is 13.7. The Morgan fingerprint density at radius 1 is 1.07 bits per heavy atom. The van der Waals surface area contributed by atoms with Crippen LogP contribution in [0.25, 0.3) is 0 Å². The third kappa shape index (κ3) is 9.54. The lowest BCUT2D eigenvalue weighted by Gasteiger charge is -2.41. The van der Waals surface area contributed by atoms with Gasteiger partial charge in [-0.3, -0.25) is 19.2 Å². The molecule has 15 heteroatoms. The number of hydrogen-bond acceptors (Lipinski definition) is 8. The molecule has 0 saturated carbocycles. The number of ether oxygens (including phenoxy) is 2. The number of nitro groups is 1. The summed E-state index contributed by atoms with van der Waals surface area (Å²) in [6, 6.07) is -2.56. The van der Waals surface area contributed by atoms with Crippen LogP contribution in [0.3, 0.4) is 0 Å². The first kappa shape index (κ1) is 33.7. The van der Waals surface area contributed by atoms with E-state index in [-0.39, 0.29) is 37.4 Å². The zero-order valence-electron chi connectivity index (χ0n) is 24.5. The number of guanidine groups is 1. The van der Waals surface area contributed by atoms with Crippen LogP contribution in [0.5, 0.6) is 0 Å². The van der Waals surface area contributed by atoms with Crippen molar-refractivity contribution in [2.75, 3.05) is 26.8 Å². The molecule has 0 radical (unpaired) electrons. The minimum atomic E-state index is -1.17. The Kier molecular flexibility index (Phi) is 13.7.